The van der Waals surface area contributed by atoms with E-state index in [-0.39, 0.29) is 16.6 Å². The molecule has 0 radical (unpaired) electrons. The van der Waals surface area contributed by atoms with E-state index in [0.717, 1.165) is 31.4 Å². The normalized spacial score (nSPS) is 21.0. The number of halogens is 2. The fourth-order valence-corrected chi connectivity index (χ4v) is 8.17. The van der Waals surface area contributed by atoms with Crippen LogP contribution in [0.2, 0.25) is 10.0 Å². The predicted molar refractivity (Wildman–Crippen MR) is 169 cm³/mol. The van der Waals surface area contributed by atoms with E-state index in [1.54, 1.807) is 36.4 Å². The van der Waals surface area contributed by atoms with Gasteiger partial charge in [-0.15, -0.1) is 0 Å². The number of hydrogen-bond acceptors (Lipinski definition) is 6. The Morgan fingerprint density at radius 1 is 0.884 bits per heavy atom. The van der Waals surface area contributed by atoms with E-state index < -0.39 is 21.0 Å². The van der Waals surface area contributed by atoms with E-state index >= 15 is 0 Å². The summed E-state index contributed by atoms with van der Waals surface area (Å²) in [6.07, 6.45) is 3.06. The Morgan fingerprint density at radius 3 is 2.23 bits per heavy atom. The van der Waals surface area contributed by atoms with Crippen LogP contribution in [-0.2, 0) is 20.2 Å². The third kappa shape index (κ3) is 7.80. The summed E-state index contributed by atoms with van der Waals surface area (Å²) in [5.74, 6) is -0.297. The van der Waals surface area contributed by atoms with Gasteiger partial charge in [-0.25, -0.2) is 8.42 Å². The summed E-state index contributed by atoms with van der Waals surface area (Å²) < 4.78 is 32.4. The summed E-state index contributed by atoms with van der Waals surface area (Å²) in [6, 6.07) is 23.1. The number of aliphatic hydroxyl groups is 1. The Hall–Kier alpha value is -2.46. The summed E-state index contributed by atoms with van der Waals surface area (Å²) in [5.41, 5.74) is -0.411. The number of carbonyl (C=O) groups is 1. The van der Waals surface area contributed by atoms with Crippen LogP contribution in [0.3, 0.4) is 0 Å². The number of carbonyl (C=O) groups excluding carboxylic acids is 1. The van der Waals surface area contributed by atoms with Crippen LogP contribution in [-0.4, -0.2) is 79.9 Å². The van der Waals surface area contributed by atoms with E-state index in [0.29, 0.717) is 61.2 Å². The molecule has 43 heavy (non-hydrogen) atoms. The molecule has 1 N–H and O–H groups in total. The average molecular weight is 646 g/mol. The zero-order valence-electron chi connectivity index (χ0n) is 24.1. The quantitative estimate of drug-likeness (QED) is 0.279. The SMILES string of the molecule is O=C(c1ccccc1)N1CCCC(OCCCN2CCC(O)(CS(=O)(=O)c3ccccc3)CC2)(c2ccc(Cl)c(Cl)c2)C1. The first-order valence-electron chi connectivity index (χ1n) is 14.8. The zero-order valence-corrected chi connectivity index (χ0v) is 26.5. The van der Waals surface area contributed by atoms with Gasteiger partial charge in [-0.1, -0.05) is 65.7 Å². The standard InChI is InChI=1S/C33H38Cl2N2O5S/c34-29-14-13-27(23-30(29)35)33(15-7-19-37(24-33)31(38)26-9-3-1-4-10-26)42-22-8-18-36-20-16-32(39,17-21-36)25-43(40,41)28-11-5-2-6-12-28/h1-6,9-14,23,39H,7-8,15-22,24-25H2. The second kappa shape index (κ2) is 13.7. The molecule has 230 valence electrons. The minimum Gasteiger partial charge on any atom is -0.389 e. The molecule has 1 unspecified atom stereocenters. The summed E-state index contributed by atoms with van der Waals surface area (Å²) in [5, 5.41) is 12.0. The number of likely N-dealkylation sites (tertiary alicyclic amines) is 2. The molecule has 0 aliphatic carbocycles. The number of piperidine rings is 2. The highest BCUT2D eigenvalue weighted by Crippen LogP contribution is 2.39. The van der Waals surface area contributed by atoms with Gasteiger partial charge in [-0.2, -0.15) is 0 Å². The lowest BCUT2D eigenvalue weighted by Gasteiger charge is -2.43. The van der Waals surface area contributed by atoms with Gasteiger partial charge in [0.2, 0.25) is 0 Å². The lowest BCUT2D eigenvalue weighted by Crippen LogP contribution is -2.50. The molecule has 0 saturated carbocycles. The van der Waals surface area contributed by atoms with Crippen LogP contribution < -0.4 is 0 Å². The number of benzene rings is 3. The molecule has 2 fully saturated rings. The van der Waals surface area contributed by atoms with Gasteiger partial charge in [-0.05, 0) is 74.1 Å². The molecule has 2 saturated heterocycles. The van der Waals surface area contributed by atoms with Crippen molar-refractivity contribution in [2.75, 3.05) is 45.1 Å². The Kier molecular flexibility index (Phi) is 10.2. The fraction of sp³-hybridized carbons (Fsp3) is 0.424. The van der Waals surface area contributed by atoms with Crippen molar-refractivity contribution in [2.45, 2.75) is 48.2 Å². The lowest BCUT2D eigenvalue weighted by molar-refractivity contribution is -0.0921. The Balaban J connectivity index is 1.19. The van der Waals surface area contributed by atoms with E-state index in [9.17, 15) is 18.3 Å². The molecule has 0 bridgehead atoms. The maximum atomic E-state index is 13.4. The maximum absolute atomic E-state index is 13.4. The molecule has 3 aromatic rings. The molecule has 5 rings (SSSR count). The molecule has 0 spiro atoms. The zero-order chi connectivity index (χ0) is 30.5. The highest BCUT2D eigenvalue weighted by molar-refractivity contribution is 7.91. The third-order valence-electron chi connectivity index (χ3n) is 8.55. The average Bonchev–Trinajstić information content (AvgIpc) is 3.02. The highest BCUT2D eigenvalue weighted by atomic mass is 35.5. The van der Waals surface area contributed by atoms with Crippen molar-refractivity contribution in [3.05, 3.63) is 100 Å². The van der Waals surface area contributed by atoms with E-state index in [1.165, 1.54) is 0 Å². The van der Waals surface area contributed by atoms with Crippen LogP contribution in [0.25, 0.3) is 0 Å². The molecule has 1 amide bonds. The summed E-state index contributed by atoms with van der Waals surface area (Å²) in [4.78, 5) is 17.7. The number of amides is 1. The Labute approximate surface area is 264 Å². The lowest BCUT2D eigenvalue weighted by atomic mass is 9.85. The van der Waals surface area contributed by atoms with Gasteiger partial charge in [0.15, 0.2) is 9.84 Å². The molecule has 10 heteroatoms. The van der Waals surface area contributed by atoms with Gasteiger partial charge >= 0.3 is 0 Å². The Morgan fingerprint density at radius 2 is 1.56 bits per heavy atom. The first kappa shape index (κ1) is 31.9. The van der Waals surface area contributed by atoms with Gasteiger partial charge in [0.25, 0.3) is 5.91 Å². The van der Waals surface area contributed by atoms with Crippen molar-refractivity contribution in [2.24, 2.45) is 0 Å². The third-order valence-corrected chi connectivity index (χ3v) is 11.2. The molecule has 1 atom stereocenters. The van der Waals surface area contributed by atoms with Gasteiger partial charge < -0.3 is 19.6 Å². The first-order valence-corrected chi connectivity index (χ1v) is 17.2. The van der Waals surface area contributed by atoms with Gasteiger partial charge in [0.1, 0.15) is 5.60 Å². The van der Waals surface area contributed by atoms with Crippen molar-refractivity contribution in [1.29, 1.82) is 0 Å². The molecule has 0 aromatic heterocycles. The van der Waals surface area contributed by atoms with E-state index in [2.05, 4.69) is 4.90 Å². The first-order chi connectivity index (χ1) is 20.6. The van der Waals surface area contributed by atoms with Crippen molar-refractivity contribution in [1.82, 2.24) is 9.80 Å². The monoisotopic (exact) mass is 644 g/mol. The van der Waals surface area contributed by atoms with Crippen LogP contribution in [0.15, 0.2) is 83.8 Å². The van der Waals surface area contributed by atoms with Crippen LogP contribution >= 0.6 is 23.2 Å². The summed E-state index contributed by atoms with van der Waals surface area (Å²) >= 11 is 12.6. The van der Waals surface area contributed by atoms with Gasteiger partial charge in [0, 0.05) is 38.3 Å². The minimum atomic E-state index is -3.57. The number of hydrogen-bond donors (Lipinski definition) is 1. The smallest absolute Gasteiger partial charge is 0.253 e. The van der Waals surface area contributed by atoms with Crippen molar-refractivity contribution in [3.8, 4) is 0 Å². The maximum Gasteiger partial charge on any atom is 0.253 e. The van der Waals surface area contributed by atoms with E-state index in [1.807, 2.05) is 47.4 Å². The number of nitrogens with zero attached hydrogens (tertiary/aromatic N) is 2. The highest BCUT2D eigenvalue weighted by Gasteiger charge is 2.41. The number of ether oxygens (including phenoxy) is 1. The predicted octanol–water partition coefficient (Wildman–Crippen LogP) is 5.83. The molecule has 2 aliphatic rings. The molecular formula is C33H38Cl2N2O5S. The van der Waals surface area contributed by atoms with Crippen LogP contribution in [0.4, 0.5) is 0 Å². The second-order valence-corrected chi connectivity index (χ2v) is 14.5. The van der Waals surface area contributed by atoms with Crippen molar-refractivity contribution >= 4 is 38.9 Å². The van der Waals surface area contributed by atoms with Crippen molar-refractivity contribution in [3.63, 3.8) is 0 Å². The molecule has 2 aliphatic heterocycles. The topological polar surface area (TPSA) is 87.2 Å². The largest absolute Gasteiger partial charge is 0.389 e. The van der Waals surface area contributed by atoms with Gasteiger partial charge in [-0.3, -0.25) is 4.79 Å². The number of rotatable bonds is 10. The fourth-order valence-electron chi connectivity index (χ4n) is 6.13. The molecule has 3 aromatic carbocycles. The molecule has 7 nitrogen and oxygen atoms in total. The number of sulfone groups is 1. The second-order valence-electron chi connectivity index (χ2n) is 11.7. The van der Waals surface area contributed by atoms with Crippen LogP contribution in [0, 0.1) is 0 Å². The molecule has 2 heterocycles. The summed E-state index contributed by atoms with van der Waals surface area (Å²) in [7, 11) is -3.57. The summed E-state index contributed by atoms with van der Waals surface area (Å²) in [6.45, 7) is 3.50. The minimum absolute atomic E-state index is 0.0246. The molecular weight excluding hydrogens is 607 g/mol. The van der Waals surface area contributed by atoms with Crippen molar-refractivity contribution < 1.29 is 23.1 Å². The Bertz CT molecular complexity index is 1500. The van der Waals surface area contributed by atoms with Gasteiger partial charge in [0.05, 0.1) is 32.8 Å². The van der Waals surface area contributed by atoms with E-state index in [4.69, 9.17) is 27.9 Å². The van der Waals surface area contributed by atoms with Crippen LogP contribution in [0.1, 0.15) is 48.0 Å². The van der Waals surface area contributed by atoms with Crippen LogP contribution in [0.5, 0.6) is 0 Å².